The van der Waals surface area contributed by atoms with Gasteiger partial charge in [-0.25, -0.2) is 0 Å². The van der Waals surface area contributed by atoms with Crippen molar-refractivity contribution in [1.82, 2.24) is 4.98 Å². The molecule has 1 aromatic carbocycles. The van der Waals surface area contributed by atoms with Crippen molar-refractivity contribution in [2.24, 2.45) is 5.10 Å². The van der Waals surface area contributed by atoms with Crippen molar-refractivity contribution in [1.29, 1.82) is 0 Å². The van der Waals surface area contributed by atoms with E-state index in [4.69, 9.17) is 5.11 Å². The second-order valence-electron chi connectivity index (χ2n) is 6.26. The minimum Gasteiger partial charge on any atom is -0.481 e. The summed E-state index contributed by atoms with van der Waals surface area (Å²) in [7, 11) is 0. The molecule has 0 saturated carbocycles. The lowest BCUT2D eigenvalue weighted by molar-refractivity contribution is -0.137. The Morgan fingerprint density at radius 2 is 1.84 bits per heavy atom. The second kappa shape index (κ2) is 9.57. The summed E-state index contributed by atoms with van der Waals surface area (Å²) in [6.45, 7) is 4.33. The van der Waals surface area contributed by atoms with E-state index in [0.717, 1.165) is 23.5 Å². The maximum Gasteiger partial charge on any atom is 0.303 e. The highest BCUT2D eigenvalue weighted by Gasteiger charge is 2.06. The summed E-state index contributed by atoms with van der Waals surface area (Å²) in [4.78, 5) is 15.0. The fraction of sp³-hybridized carbons (Fsp3) is 0.350. The fourth-order valence-electron chi connectivity index (χ4n) is 2.42. The molecule has 0 aliphatic heterocycles. The first kappa shape index (κ1) is 18.6. The number of nitrogens with one attached hydrogen (secondary N) is 1. The van der Waals surface area contributed by atoms with Gasteiger partial charge in [0, 0.05) is 12.6 Å². The van der Waals surface area contributed by atoms with Crippen LogP contribution < -0.4 is 5.43 Å². The van der Waals surface area contributed by atoms with Crippen LogP contribution in [0.15, 0.2) is 53.8 Å². The first-order chi connectivity index (χ1) is 12.1. The van der Waals surface area contributed by atoms with Gasteiger partial charge in [0.2, 0.25) is 0 Å². The van der Waals surface area contributed by atoms with Crippen molar-refractivity contribution < 1.29 is 9.90 Å². The van der Waals surface area contributed by atoms with E-state index in [2.05, 4.69) is 41.5 Å². The number of carbonyl (C=O) groups is 1. The van der Waals surface area contributed by atoms with Crippen LogP contribution in [0.5, 0.6) is 0 Å². The minimum absolute atomic E-state index is 0.180. The van der Waals surface area contributed by atoms with Crippen molar-refractivity contribution in [3.05, 3.63) is 59.9 Å². The summed E-state index contributed by atoms with van der Waals surface area (Å²) < 4.78 is 0. The number of pyridine rings is 1. The zero-order chi connectivity index (χ0) is 18.1. The van der Waals surface area contributed by atoms with E-state index in [-0.39, 0.29) is 6.42 Å². The van der Waals surface area contributed by atoms with Gasteiger partial charge in [0.25, 0.3) is 0 Å². The quantitative estimate of drug-likeness (QED) is 0.396. The first-order valence-electron chi connectivity index (χ1n) is 8.62. The highest BCUT2D eigenvalue weighted by molar-refractivity contribution is 5.99. The molecule has 0 spiro atoms. The van der Waals surface area contributed by atoms with Crippen LogP contribution in [0.2, 0.25) is 0 Å². The van der Waals surface area contributed by atoms with Gasteiger partial charge in [0.05, 0.1) is 17.1 Å². The molecule has 0 amide bonds. The Labute approximate surface area is 148 Å². The maximum absolute atomic E-state index is 10.6. The Bertz CT molecular complexity index is 695. The third-order valence-corrected chi connectivity index (χ3v) is 3.91. The maximum atomic E-state index is 10.6. The van der Waals surface area contributed by atoms with Gasteiger partial charge < -0.3 is 5.11 Å². The summed E-state index contributed by atoms with van der Waals surface area (Å²) in [5.74, 6) is -0.268. The van der Waals surface area contributed by atoms with Gasteiger partial charge in [-0.15, -0.1) is 0 Å². The summed E-state index contributed by atoms with van der Waals surface area (Å²) in [6.07, 6.45) is 3.99. The van der Waals surface area contributed by atoms with Gasteiger partial charge in [-0.05, 0) is 55.0 Å². The molecule has 5 heteroatoms. The molecular weight excluding hydrogens is 314 g/mol. The largest absolute Gasteiger partial charge is 0.481 e. The zero-order valence-electron chi connectivity index (χ0n) is 14.8. The molecule has 132 valence electrons. The number of rotatable bonds is 9. The Kier molecular flexibility index (Phi) is 7.14. The molecule has 0 unspecified atom stereocenters. The number of hydrogen-bond donors (Lipinski definition) is 2. The summed E-state index contributed by atoms with van der Waals surface area (Å²) in [5, 5.41) is 13.3. The number of carboxylic acids is 1. The number of unbranched alkanes of at least 4 members (excludes halogenated alkanes) is 1. The Balaban J connectivity index is 2.05. The highest BCUT2D eigenvalue weighted by atomic mass is 16.4. The molecule has 0 aliphatic rings. The predicted octanol–water partition coefficient (Wildman–Crippen LogP) is 4.67. The van der Waals surface area contributed by atoms with E-state index < -0.39 is 5.97 Å². The molecule has 2 aromatic rings. The SMILES string of the molecule is CC(C)c1ccc(N/N=C(\CCCCC(=O)O)c2ccccn2)cc1. The van der Waals surface area contributed by atoms with Crippen LogP contribution in [0.1, 0.15) is 56.7 Å². The molecule has 0 aliphatic carbocycles. The van der Waals surface area contributed by atoms with Crippen molar-refractivity contribution >= 4 is 17.4 Å². The average molecular weight is 339 g/mol. The van der Waals surface area contributed by atoms with E-state index in [0.29, 0.717) is 18.8 Å². The predicted molar refractivity (Wildman–Crippen MR) is 101 cm³/mol. The van der Waals surface area contributed by atoms with Crippen LogP contribution in [0, 0.1) is 0 Å². The molecule has 0 bridgehead atoms. The standard InChI is InChI=1S/C20H25N3O2/c1-15(2)16-10-12-17(13-11-16)22-23-19(8-3-4-9-20(24)25)18-7-5-6-14-21-18/h5-7,10-15,22H,3-4,8-9H2,1-2H3,(H,24,25)/b23-19+. The van der Waals surface area contributed by atoms with Crippen LogP contribution in [-0.4, -0.2) is 21.8 Å². The van der Waals surface area contributed by atoms with Gasteiger partial charge in [0.15, 0.2) is 0 Å². The monoisotopic (exact) mass is 339 g/mol. The minimum atomic E-state index is -0.764. The van der Waals surface area contributed by atoms with E-state index in [1.807, 2.05) is 30.3 Å². The number of hydrogen-bond acceptors (Lipinski definition) is 4. The molecule has 0 saturated heterocycles. The first-order valence-corrected chi connectivity index (χ1v) is 8.62. The van der Waals surface area contributed by atoms with Gasteiger partial charge >= 0.3 is 5.97 Å². The Hall–Kier alpha value is -2.69. The third-order valence-electron chi connectivity index (χ3n) is 3.91. The summed E-state index contributed by atoms with van der Waals surface area (Å²) in [6, 6.07) is 13.9. The smallest absolute Gasteiger partial charge is 0.303 e. The van der Waals surface area contributed by atoms with Crippen molar-refractivity contribution in [2.45, 2.75) is 45.4 Å². The third kappa shape index (κ3) is 6.37. The number of nitrogens with zero attached hydrogens (tertiary/aromatic N) is 2. The summed E-state index contributed by atoms with van der Waals surface area (Å²) >= 11 is 0. The normalized spacial score (nSPS) is 11.6. The zero-order valence-corrected chi connectivity index (χ0v) is 14.8. The molecule has 2 rings (SSSR count). The molecule has 1 aromatic heterocycles. The van der Waals surface area contributed by atoms with Gasteiger partial charge in [-0.3, -0.25) is 15.2 Å². The Morgan fingerprint density at radius 1 is 1.12 bits per heavy atom. The van der Waals surface area contributed by atoms with Gasteiger partial charge in [0.1, 0.15) is 0 Å². The molecule has 2 N–H and O–H groups in total. The van der Waals surface area contributed by atoms with Crippen molar-refractivity contribution in [2.75, 3.05) is 5.43 Å². The molecule has 0 atom stereocenters. The number of carboxylic acid groups (broad SMARTS) is 1. The van der Waals surface area contributed by atoms with Crippen LogP contribution in [0.3, 0.4) is 0 Å². The van der Waals surface area contributed by atoms with Gasteiger partial charge in [-0.2, -0.15) is 5.10 Å². The van der Waals surface area contributed by atoms with Gasteiger partial charge in [-0.1, -0.05) is 32.0 Å². The number of hydrazone groups is 1. The molecule has 5 nitrogen and oxygen atoms in total. The van der Waals surface area contributed by atoms with E-state index in [1.54, 1.807) is 6.20 Å². The van der Waals surface area contributed by atoms with Crippen molar-refractivity contribution in [3.63, 3.8) is 0 Å². The lowest BCUT2D eigenvalue weighted by Crippen LogP contribution is -2.07. The van der Waals surface area contributed by atoms with Crippen LogP contribution in [0.4, 0.5) is 5.69 Å². The lowest BCUT2D eigenvalue weighted by Gasteiger charge is -2.09. The lowest BCUT2D eigenvalue weighted by atomic mass is 10.0. The highest BCUT2D eigenvalue weighted by Crippen LogP contribution is 2.17. The molecular formula is C20H25N3O2. The molecule has 0 radical (unpaired) electrons. The number of aliphatic carboxylic acids is 1. The van der Waals surface area contributed by atoms with E-state index in [9.17, 15) is 4.79 Å². The van der Waals surface area contributed by atoms with E-state index in [1.165, 1.54) is 5.56 Å². The van der Waals surface area contributed by atoms with Crippen LogP contribution in [-0.2, 0) is 4.79 Å². The average Bonchev–Trinajstić information content (AvgIpc) is 2.62. The number of anilines is 1. The number of benzene rings is 1. The van der Waals surface area contributed by atoms with Crippen LogP contribution in [0.25, 0.3) is 0 Å². The Morgan fingerprint density at radius 3 is 2.44 bits per heavy atom. The fourth-order valence-corrected chi connectivity index (χ4v) is 2.42. The summed E-state index contributed by atoms with van der Waals surface area (Å²) in [5.41, 5.74) is 6.94. The molecule has 25 heavy (non-hydrogen) atoms. The molecule has 0 fully saturated rings. The van der Waals surface area contributed by atoms with Crippen molar-refractivity contribution in [3.8, 4) is 0 Å². The topological polar surface area (TPSA) is 74.6 Å². The van der Waals surface area contributed by atoms with E-state index >= 15 is 0 Å². The second-order valence-corrected chi connectivity index (χ2v) is 6.26. The molecule has 1 heterocycles. The van der Waals surface area contributed by atoms with Crippen LogP contribution >= 0.6 is 0 Å². The number of aromatic nitrogens is 1.